The van der Waals surface area contributed by atoms with Crippen molar-refractivity contribution >= 4 is 10.0 Å². The van der Waals surface area contributed by atoms with Crippen LogP contribution in [0.15, 0.2) is 0 Å². The van der Waals surface area contributed by atoms with E-state index in [2.05, 4.69) is 24.2 Å². The van der Waals surface area contributed by atoms with Crippen LogP contribution in [0.2, 0.25) is 0 Å². The Balaban J connectivity index is 2.14. The van der Waals surface area contributed by atoms with Gasteiger partial charge in [0.2, 0.25) is 10.0 Å². The minimum atomic E-state index is -3.29. The fourth-order valence-electron chi connectivity index (χ4n) is 2.05. The second-order valence-corrected chi connectivity index (χ2v) is 6.46. The Labute approximate surface area is 98.4 Å². The third-order valence-electron chi connectivity index (χ3n) is 3.25. The summed E-state index contributed by atoms with van der Waals surface area (Å²) in [6.07, 6.45) is 2.86. The van der Waals surface area contributed by atoms with E-state index < -0.39 is 10.0 Å². The molecule has 0 aromatic carbocycles. The molecule has 0 saturated carbocycles. The van der Waals surface area contributed by atoms with Crippen LogP contribution in [0.1, 0.15) is 26.2 Å². The number of hydrogen-bond acceptors (Lipinski definition) is 4. The summed E-state index contributed by atoms with van der Waals surface area (Å²) in [5, 5.41) is 8.33. The predicted octanol–water partition coefficient (Wildman–Crippen LogP) is -0.263. The second kappa shape index (κ2) is 5.95. The molecule has 3 N–H and O–H groups in total. The molecule has 6 heteroatoms. The van der Waals surface area contributed by atoms with Crippen molar-refractivity contribution in [3.8, 4) is 0 Å². The Morgan fingerprint density at radius 2 is 2.19 bits per heavy atom. The summed E-state index contributed by atoms with van der Waals surface area (Å²) >= 11 is 0. The molecular weight excluding hydrogens is 226 g/mol. The average Bonchev–Trinajstić information content (AvgIpc) is 2.17. The minimum Gasteiger partial charge on any atom is -0.314 e. The first kappa shape index (κ1) is 13.9. The summed E-state index contributed by atoms with van der Waals surface area (Å²) in [6.45, 7) is 4.06. The zero-order valence-electron chi connectivity index (χ0n) is 10.1. The SMILES string of the molecule is CC1CC(NCCCS(N)(=O)=O)CCN1C. The number of piperidine rings is 1. The molecule has 1 heterocycles. The van der Waals surface area contributed by atoms with E-state index >= 15 is 0 Å². The van der Waals surface area contributed by atoms with E-state index in [1.165, 1.54) is 0 Å². The summed E-state index contributed by atoms with van der Waals surface area (Å²) in [5.74, 6) is 0.0716. The average molecular weight is 249 g/mol. The summed E-state index contributed by atoms with van der Waals surface area (Å²) in [7, 11) is -1.15. The largest absolute Gasteiger partial charge is 0.314 e. The number of nitrogens with zero attached hydrogens (tertiary/aromatic N) is 1. The van der Waals surface area contributed by atoms with E-state index in [-0.39, 0.29) is 5.75 Å². The quantitative estimate of drug-likeness (QED) is 0.658. The molecular formula is C10H23N3O2S. The molecule has 0 aromatic rings. The second-order valence-electron chi connectivity index (χ2n) is 4.73. The van der Waals surface area contributed by atoms with E-state index in [1.54, 1.807) is 0 Å². The molecule has 0 amide bonds. The number of hydrogen-bond donors (Lipinski definition) is 2. The van der Waals surface area contributed by atoms with Crippen molar-refractivity contribution in [2.45, 2.75) is 38.3 Å². The Bertz CT molecular complexity index is 305. The van der Waals surface area contributed by atoms with Crippen molar-refractivity contribution in [3.05, 3.63) is 0 Å². The Hall–Kier alpha value is -0.170. The Morgan fingerprint density at radius 1 is 1.50 bits per heavy atom. The first-order valence-electron chi connectivity index (χ1n) is 5.82. The lowest BCUT2D eigenvalue weighted by atomic mass is 9.99. The van der Waals surface area contributed by atoms with Crippen LogP contribution in [0.25, 0.3) is 0 Å². The van der Waals surface area contributed by atoms with Crippen LogP contribution < -0.4 is 10.5 Å². The lowest BCUT2D eigenvalue weighted by molar-refractivity contribution is 0.169. The fourth-order valence-corrected chi connectivity index (χ4v) is 2.60. The molecule has 0 radical (unpaired) electrons. The number of primary sulfonamides is 1. The van der Waals surface area contributed by atoms with Crippen LogP contribution in [-0.4, -0.2) is 51.3 Å². The number of sulfonamides is 1. The molecule has 1 rings (SSSR count). The molecule has 2 atom stereocenters. The van der Waals surface area contributed by atoms with Crippen molar-refractivity contribution in [3.63, 3.8) is 0 Å². The lowest BCUT2D eigenvalue weighted by Gasteiger charge is -2.35. The van der Waals surface area contributed by atoms with E-state index in [9.17, 15) is 8.42 Å². The zero-order chi connectivity index (χ0) is 12.2. The summed E-state index contributed by atoms with van der Waals surface area (Å²) < 4.78 is 21.4. The molecule has 1 fully saturated rings. The summed E-state index contributed by atoms with van der Waals surface area (Å²) in [5.41, 5.74) is 0. The third-order valence-corrected chi connectivity index (χ3v) is 4.10. The number of rotatable bonds is 5. The first-order chi connectivity index (χ1) is 7.38. The molecule has 5 nitrogen and oxygen atoms in total. The van der Waals surface area contributed by atoms with Gasteiger partial charge in [-0.05, 0) is 46.3 Å². The number of likely N-dealkylation sites (tertiary alicyclic amines) is 1. The maximum absolute atomic E-state index is 10.7. The van der Waals surface area contributed by atoms with Gasteiger partial charge in [0.1, 0.15) is 0 Å². The molecule has 1 aliphatic rings. The molecule has 0 aromatic heterocycles. The van der Waals surface area contributed by atoms with E-state index in [0.29, 0.717) is 18.5 Å². The van der Waals surface area contributed by atoms with Gasteiger partial charge >= 0.3 is 0 Å². The monoisotopic (exact) mass is 249 g/mol. The number of nitrogens with two attached hydrogens (primary N) is 1. The van der Waals surface area contributed by atoms with Crippen LogP contribution in [0.4, 0.5) is 0 Å². The molecule has 16 heavy (non-hydrogen) atoms. The van der Waals surface area contributed by atoms with Gasteiger partial charge in [0.25, 0.3) is 0 Å². The standard InChI is InChI=1S/C10H23N3O2S/c1-9-8-10(4-6-13(9)2)12-5-3-7-16(11,14)15/h9-10,12H,3-8H2,1-2H3,(H2,11,14,15). The summed E-state index contributed by atoms with van der Waals surface area (Å²) in [6, 6.07) is 1.12. The molecule has 96 valence electrons. The normalized spacial score (nSPS) is 28.2. The first-order valence-corrected chi connectivity index (χ1v) is 7.54. The van der Waals surface area contributed by atoms with Gasteiger partial charge in [0.15, 0.2) is 0 Å². The van der Waals surface area contributed by atoms with Gasteiger partial charge in [0.05, 0.1) is 5.75 Å². The maximum atomic E-state index is 10.7. The topological polar surface area (TPSA) is 75.4 Å². The highest BCUT2D eigenvalue weighted by Gasteiger charge is 2.21. The van der Waals surface area contributed by atoms with Crippen LogP contribution in [0.5, 0.6) is 0 Å². The van der Waals surface area contributed by atoms with Crippen LogP contribution >= 0.6 is 0 Å². The van der Waals surface area contributed by atoms with Crippen LogP contribution in [0.3, 0.4) is 0 Å². The van der Waals surface area contributed by atoms with Gasteiger partial charge in [-0.2, -0.15) is 0 Å². The van der Waals surface area contributed by atoms with Crippen molar-refractivity contribution in [2.24, 2.45) is 5.14 Å². The molecule has 1 saturated heterocycles. The molecule has 0 aliphatic carbocycles. The van der Waals surface area contributed by atoms with Crippen LogP contribution in [0, 0.1) is 0 Å². The number of nitrogens with one attached hydrogen (secondary N) is 1. The highest BCUT2D eigenvalue weighted by atomic mass is 32.2. The highest BCUT2D eigenvalue weighted by molar-refractivity contribution is 7.89. The van der Waals surface area contributed by atoms with E-state index in [0.717, 1.165) is 25.9 Å². The van der Waals surface area contributed by atoms with Gasteiger partial charge in [0, 0.05) is 12.1 Å². The van der Waals surface area contributed by atoms with Crippen molar-refractivity contribution < 1.29 is 8.42 Å². The third kappa shape index (κ3) is 5.25. The van der Waals surface area contributed by atoms with Gasteiger partial charge in [-0.1, -0.05) is 0 Å². The predicted molar refractivity (Wildman–Crippen MR) is 65.7 cm³/mol. The van der Waals surface area contributed by atoms with Crippen molar-refractivity contribution in [1.29, 1.82) is 0 Å². The minimum absolute atomic E-state index is 0.0716. The maximum Gasteiger partial charge on any atom is 0.209 e. The van der Waals surface area contributed by atoms with Crippen molar-refractivity contribution in [2.75, 3.05) is 25.9 Å². The molecule has 2 unspecified atom stereocenters. The van der Waals surface area contributed by atoms with Crippen molar-refractivity contribution in [1.82, 2.24) is 10.2 Å². The Morgan fingerprint density at radius 3 is 2.75 bits per heavy atom. The van der Waals surface area contributed by atoms with Gasteiger partial charge in [-0.15, -0.1) is 0 Å². The van der Waals surface area contributed by atoms with Crippen LogP contribution in [-0.2, 0) is 10.0 Å². The smallest absolute Gasteiger partial charge is 0.209 e. The summed E-state index contributed by atoms with van der Waals surface area (Å²) in [4.78, 5) is 2.35. The van der Waals surface area contributed by atoms with Gasteiger partial charge in [-0.25, -0.2) is 13.6 Å². The lowest BCUT2D eigenvalue weighted by Crippen LogP contribution is -2.45. The highest BCUT2D eigenvalue weighted by Crippen LogP contribution is 2.14. The zero-order valence-corrected chi connectivity index (χ0v) is 11.0. The fraction of sp³-hybridized carbons (Fsp3) is 1.00. The van der Waals surface area contributed by atoms with E-state index in [4.69, 9.17) is 5.14 Å². The molecule has 0 bridgehead atoms. The molecule has 0 spiro atoms. The Kier molecular flexibility index (Phi) is 5.17. The molecule has 1 aliphatic heterocycles. The van der Waals surface area contributed by atoms with Gasteiger partial charge < -0.3 is 10.2 Å². The van der Waals surface area contributed by atoms with Gasteiger partial charge in [-0.3, -0.25) is 0 Å². The van der Waals surface area contributed by atoms with E-state index in [1.807, 2.05) is 0 Å².